The van der Waals surface area contributed by atoms with Gasteiger partial charge < -0.3 is 4.74 Å². The van der Waals surface area contributed by atoms with E-state index in [0.29, 0.717) is 18.6 Å². The molecule has 0 saturated heterocycles. The van der Waals surface area contributed by atoms with Gasteiger partial charge in [-0.25, -0.2) is 0 Å². The summed E-state index contributed by atoms with van der Waals surface area (Å²) in [4.78, 5) is 11.1. The van der Waals surface area contributed by atoms with Gasteiger partial charge in [-0.05, 0) is 18.6 Å². The van der Waals surface area contributed by atoms with E-state index in [1.54, 1.807) is 24.8 Å². The molecule has 4 heteroatoms. The Balaban J connectivity index is 2.32. The Bertz CT molecular complexity index is 412. The van der Waals surface area contributed by atoms with Crippen LogP contribution in [0, 0.1) is 11.3 Å². The molecule has 1 aromatic carbocycles. The molecule has 0 fully saturated rings. The fourth-order valence-corrected chi connectivity index (χ4v) is 2.25. The average Bonchev–Trinajstić information content (AvgIpc) is 2.35. The molecule has 0 saturated carbocycles. The van der Waals surface area contributed by atoms with Crippen LogP contribution < -0.4 is 0 Å². The van der Waals surface area contributed by atoms with Crippen molar-refractivity contribution in [2.24, 2.45) is 0 Å². The predicted octanol–water partition coefficient (Wildman–Crippen LogP) is 2.74. The van der Waals surface area contributed by atoms with Gasteiger partial charge in [0.05, 0.1) is 24.7 Å². The van der Waals surface area contributed by atoms with Crippen LogP contribution in [0.2, 0.25) is 0 Å². The van der Waals surface area contributed by atoms with Gasteiger partial charge in [0, 0.05) is 11.5 Å². The maximum Gasteiger partial charge on any atom is 0.306 e. The normalized spacial score (nSPS) is 9.65. The highest BCUT2D eigenvalue weighted by Crippen LogP contribution is 2.16. The van der Waals surface area contributed by atoms with Crippen LogP contribution in [0.25, 0.3) is 0 Å². The minimum atomic E-state index is -0.159. The van der Waals surface area contributed by atoms with Crippen molar-refractivity contribution in [3.63, 3.8) is 0 Å². The van der Waals surface area contributed by atoms with Crippen molar-refractivity contribution in [2.75, 3.05) is 12.4 Å². The maximum absolute atomic E-state index is 11.1. The van der Waals surface area contributed by atoms with Crippen molar-refractivity contribution >= 4 is 17.7 Å². The Kier molecular flexibility index (Phi) is 6.19. The third kappa shape index (κ3) is 4.92. The third-order valence-corrected chi connectivity index (χ3v) is 3.16. The first-order chi connectivity index (χ1) is 8.27. The average molecular weight is 249 g/mol. The maximum atomic E-state index is 11.1. The number of carbonyl (C=O) groups is 1. The van der Waals surface area contributed by atoms with Crippen molar-refractivity contribution in [3.8, 4) is 6.07 Å². The molecule has 0 unspecified atom stereocenters. The van der Waals surface area contributed by atoms with Crippen molar-refractivity contribution in [1.82, 2.24) is 0 Å². The summed E-state index contributed by atoms with van der Waals surface area (Å²) >= 11 is 1.64. The summed E-state index contributed by atoms with van der Waals surface area (Å²) in [7, 11) is 0. The number of carbonyl (C=O) groups excluding carboxylic acids is 1. The van der Waals surface area contributed by atoms with E-state index < -0.39 is 0 Å². The van der Waals surface area contributed by atoms with Crippen LogP contribution in [0.4, 0.5) is 0 Å². The molecule has 90 valence electrons. The van der Waals surface area contributed by atoms with Gasteiger partial charge >= 0.3 is 5.97 Å². The molecule has 0 heterocycles. The molecule has 0 atom stereocenters. The lowest BCUT2D eigenvalue weighted by molar-refractivity contribution is -0.142. The van der Waals surface area contributed by atoms with Crippen LogP contribution >= 0.6 is 11.8 Å². The zero-order valence-corrected chi connectivity index (χ0v) is 10.6. The molecule has 0 radical (unpaired) electrons. The van der Waals surface area contributed by atoms with E-state index in [1.165, 1.54) is 0 Å². The van der Waals surface area contributed by atoms with Gasteiger partial charge in [-0.3, -0.25) is 4.79 Å². The molecule has 0 aliphatic rings. The Morgan fingerprint density at radius 2 is 2.24 bits per heavy atom. The fraction of sp³-hybridized carbons (Fsp3) is 0.385. The SMILES string of the molecule is CCOC(=O)CCSCc1ccccc1C#N. The van der Waals surface area contributed by atoms with E-state index in [0.717, 1.165) is 17.1 Å². The van der Waals surface area contributed by atoms with Crippen LogP contribution in [0.3, 0.4) is 0 Å². The van der Waals surface area contributed by atoms with Crippen molar-refractivity contribution in [1.29, 1.82) is 5.26 Å². The number of nitriles is 1. The lowest BCUT2D eigenvalue weighted by atomic mass is 10.1. The highest BCUT2D eigenvalue weighted by Gasteiger charge is 2.03. The molecule has 17 heavy (non-hydrogen) atoms. The second-order valence-electron chi connectivity index (χ2n) is 3.38. The van der Waals surface area contributed by atoms with Crippen molar-refractivity contribution in [2.45, 2.75) is 19.1 Å². The van der Waals surface area contributed by atoms with Gasteiger partial charge in [-0.2, -0.15) is 17.0 Å². The Hall–Kier alpha value is -1.47. The summed E-state index contributed by atoms with van der Waals surface area (Å²) in [6.45, 7) is 2.23. The summed E-state index contributed by atoms with van der Waals surface area (Å²) in [6, 6.07) is 9.68. The molecule has 0 bridgehead atoms. The highest BCUT2D eigenvalue weighted by molar-refractivity contribution is 7.98. The predicted molar refractivity (Wildman–Crippen MR) is 68.6 cm³/mol. The summed E-state index contributed by atoms with van der Waals surface area (Å²) < 4.78 is 4.83. The number of rotatable bonds is 6. The van der Waals surface area contributed by atoms with Crippen molar-refractivity contribution < 1.29 is 9.53 Å². The molecule has 0 aliphatic carbocycles. The molecule has 3 nitrogen and oxygen atoms in total. The quantitative estimate of drug-likeness (QED) is 0.574. The van der Waals surface area contributed by atoms with Crippen LogP contribution in [-0.2, 0) is 15.3 Å². The largest absolute Gasteiger partial charge is 0.466 e. The smallest absolute Gasteiger partial charge is 0.306 e. The van der Waals surface area contributed by atoms with Gasteiger partial charge in [0.1, 0.15) is 0 Å². The van der Waals surface area contributed by atoms with E-state index in [-0.39, 0.29) is 5.97 Å². The minimum absolute atomic E-state index is 0.159. The number of benzene rings is 1. The number of ether oxygens (including phenoxy) is 1. The monoisotopic (exact) mass is 249 g/mol. The van der Waals surface area contributed by atoms with Gasteiger partial charge in [0.2, 0.25) is 0 Å². The highest BCUT2D eigenvalue weighted by atomic mass is 32.2. The second-order valence-corrected chi connectivity index (χ2v) is 4.48. The number of nitrogens with zero attached hydrogens (tertiary/aromatic N) is 1. The van der Waals surface area contributed by atoms with Gasteiger partial charge in [0.25, 0.3) is 0 Å². The van der Waals surface area contributed by atoms with Crippen LogP contribution in [0.15, 0.2) is 24.3 Å². The first-order valence-corrected chi connectivity index (χ1v) is 6.64. The number of thioether (sulfide) groups is 1. The molecule has 0 spiro atoms. The molecular formula is C13H15NO2S. The standard InChI is InChI=1S/C13H15NO2S/c1-2-16-13(15)7-8-17-10-12-6-4-3-5-11(12)9-14/h3-6H,2,7-8,10H2,1H3. The molecule has 0 N–H and O–H groups in total. The summed E-state index contributed by atoms with van der Waals surface area (Å²) in [5.41, 5.74) is 1.72. The molecule has 0 aromatic heterocycles. The molecule has 1 aromatic rings. The third-order valence-electron chi connectivity index (χ3n) is 2.15. The summed E-state index contributed by atoms with van der Waals surface area (Å²) in [5, 5.41) is 8.90. The van der Waals surface area contributed by atoms with Gasteiger partial charge in [-0.15, -0.1) is 0 Å². The van der Waals surface area contributed by atoms with Crippen LogP contribution in [0.1, 0.15) is 24.5 Å². The van der Waals surface area contributed by atoms with Gasteiger partial charge in [-0.1, -0.05) is 18.2 Å². The zero-order chi connectivity index (χ0) is 12.5. The Morgan fingerprint density at radius 3 is 2.94 bits per heavy atom. The Labute approximate surface area is 106 Å². The number of hydrogen-bond donors (Lipinski definition) is 0. The van der Waals surface area contributed by atoms with Crippen LogP contribution in [-0.4, -0.2) is 18.3 Å². The van der Waals surface area contributed by atoms with E-state index in [4.69, 9.17) is 10.00 Å². The topological polar surface area (TPSA) is 50.1 Å². The van der Waals surface area contributed by atoms with Gasteiger partial charge in [0.15, 0.2) is 0 Å². The fourth-order valence-electron chi connectivity index (χ4n) is 1.33. The molecular weight excluding hydrogens is 234 g/mol. The molecule has 1 rings (SSSR count). The number of hydrogen-bond acceptors (Lipinski definition) is 4. The van der Waals surface area contributed by atoms with E-state index in [1.807, 2.05) is 18.2 Å². The summed E-state index contributed by atoms with van der Waals surface area (Å²) in [5.74, 6) is 1.32. The lowest BCUT2D eigenvalue weighted by Crippen LogP contribution is -2.04. The molecule has 0 aliphatic heterocycles. The second kappa shape index (κ2) is 7.75. The van der Waals surface area contributed by atoms with E-state index in [2.05, 4.69) is 6.07 Å². The first-order valence-electron chi connectivity index (χ1n) is 5.49. The lowest BCUT2D eigenvalue weighted by Gasteiger charge is -2.04. The number of esters is 1. The minimum Gasteiger partial charge on any atom is -0.466 e. The van der Waals surface area contributed by atoms with E-state index in [9.17, 15) is 4.79 Å². The zero-order valence-electron chi connectivity index (χ0n) is 9.81. The molecule has 0 amide bonds. The van der Waals surface area contributed by atoms with Crippen LogP contribution in [0.5, 0.6) is 0 Å². The summed E-state index contributed by atoms with van der Waals surface area (Å²) in [6.07, 6.45) is 0.424. The van der Waals surface area contributed by atoms with E-state index >= 15 is 0 Å². The first kappa shape index (κ1) is 13.6. The Morgan fingerprint density at radius 1 is 1.47 bits per heavy atom. The van der Waals surface area contributed by atoms with Crippen molar-refractivity contribution in [3.05, 3.63) is 35.4 Å².